The van der Waals surface area contributed by atoms with Gasteiger partial charge in [-0.25, -0.2) is 8.42 Å². The molecule has 118 valence electrons. The zero-order valence-corrected chi connectivity index (χ0v) is 13.1. The van der Waals surface area contributed by atoms with E-state index in [-0.39, 0.29) is 5.25 Å². The average Bonchev–Trinajstić information content (AvgIpc) is 2.97. The second kappa shape index (κ2) is 6.36. The Balaban J connectivity index is 1.65. The van der Waals surface area contributed by atoms with E-state index in [1.54, 1.807) is 6.20 Å². The molecule has 3 rings (SSSR count). The van der Waals surface area contributed by atoms with Crippen LogP contribution in [0.2, 0.25) is 0 Å². The molecule has 0 spiro atoms. The number of nitrogens with zero attached hydrogens (tertiary/aromatic N) is 2. The lowest BCUT2D eigenvalue weighted by molar-refractivity contribution is 0.343. The minimum absolute atomic E-state index is 0.242. The summed E-state index contributed by atoms with van der Waals surface area (Å²) in [7, 11) is -3.27. The Hall–Kier alpha value is -1.08. The highest BCUT2D eigenvalue weighted by Crippen LogP contribution is 2.26. The maximum absolute atomic E-state index is 12.4. The fourth-order valence-electron chi connectivity index (χ4n) is 3.28. The number of nitrogens with one attached hydrogen (secondary N) is 2. The van der Waals surface area contributed by atoms with Crippen LogP contribution in [0.5, 0.6) is 0 Å². The quantitative estimate of drug-likeness (QED) is 0.890. The summed E-state index contributed by atoms with van der Waals surface area (Å²) in [5.41, 5.74) is 0.596. The summed E-state index contributed by atoms with van der Waals surface area (Å²) in [5, 5.41) is 7.41. The van der Waals surface area contributed by atoms with E-state index < -0.39 is 10.0 Å². The smallest absolute Gasteiger partial charge is 0.235 e. The first kappa shape index (κ1) is 14.8. The van der Waals surface area contributed by atoms with E-state index in [0.29, 0.717) is 11.7 Å². The van der Waals surface area contributed by atoms with Crippen molar-refractivity contribution in [2.24, 2.45) is 0 Å². The molecule has 2 fully saturated rings. The fraction of sp³-hybridized carbons (Fsp3) is 0.786. The summed E-state index contributed by atoms with van der Waals surface area (Å²) >= 11 is 0. The first-order valence-electron chi connectivity index (χ1n) is 7.92. The zero-order chi connectivity index (χ0) is 14.7. The van der Waals surface area contributed by atoms with Crippen LogP contribution in [-0.2, 0) is 10.0 Å². The Bertz CT molecular complexity index is 557. The van der Waals surface area contributed by atoms with Gasteiger partial charge in [-0.15, -0.1) is 0 Å². The van der Waals surface area contributed by atoms with Crippen molar-refractivity contribution in [3.05, 3.63) is 12.4 Å². The van der Waals surface area contributed by atoms with E-state index in [1.807, 2.05) is 10.9 Å². The third-order valence-electron chi connectivity index (χ3n) is 4.54. The number of aromatic nitrogens is 2. The fourth-order valence-corrected chi connectivity index (χ4v) is 4.84. The van der Waals surface area contributed by atoms with Crippen LogP contribution in [0.15, 0.2) is 12.4 Å². The molecule has 1 aromatic rings. The van der Waals surface area contributed by atoms with Crippen LogP contribution < -0.4 is 10.0 Å². The van der Waals surface area contributed by atoms with E-state index in [0.717, 1.165) is 58.0 Å². The van der Waals surface area contributed by atoms with Crippen molar-refractivity contribution in [2.45, 2.75) is 56.2 Å². The molecule has 2 N–H and O–H groups in total. The Morgan fingerprint density at radius 2 is 1.86 bits per heavy atom. The Kier molecular flexibility index (Phi) is 4.49. The Morgan fingerprint density at radius 1 is 1.14 bits per heavy atom. The third-order valence-corrected chi connectivity index (χ3v) is 6.40. The molecule has 0 unspecified atom stereocenters. The summed E-state index contributed by atoms with van der Waals surface area (Å²) < 4.78 is 29.4. The highest BCUT2D eigenvalue weighted by atomic mass is 32.2. The van der Waals surface area contributed by atoms with Gasteiger partial charge >= 0.3 is 0 Å². The summed E-state index contributed by atoms with van der Waals surface area (Å²) in [6.45, 7) is 1.99. The number of hydrogen-bond donors (Lipinski definition) is 2. The minimum Gasteiger partial charge on any atom is -0.317 e. The SMILES string of the molecule is O=S(=O)(Nc1cnn(C2CCNCC2)c1)C1CCCCC1. The van der Waals surface area contributed by atoms with Crippen LogP contribution in [0, 0.1) is 0 Å². The highest BCUT2D eigenvalue weighted by Gasteiger charge is 2.27. The molecule has 0 amide bonds. The van der Waals surface area contributed by atoms with Crippen LogP contribution in [-0.4, -0.2) is 36.5 Å². The van der Waals surface area contributed by atoms with Gasteiger partial charge < -0.3 is 5.32 Å². The summed E-state index contributed by atoms with van der Waals surface area (Å²) in [4.78, 5) is 0. The highest BCUT2D eigenvalue weighted by molar-refractivity contribution is 7.93. The van der Waals surface area contributed by atoms with Crippen molar-refractivity contribution in [1.82, 2.24) is 15.1 Å². The monoisotopic (exact) mass is 312 g/mol. The van der Waals surface area contributed by atoms with E-state index in [1.165, 1.54) is 0 Å². The lowest BCUT2D eigenvalue weighted by Crippen LogP contribution is -2.30. The van der Waals surface area contributed by atoms with Gasteiger partial charge in [-0.05, 0) is 38.8 Å². The second-order valence-corrected chi connectivity index (χ2v) is 8.06. The molecule has 2 aliphatic rings. The van der Waals surface area contributed by atoms with Crippen LogP contribution in [0.25, 0.3) is 0 Å². The predicted octanol–water partition coefficient (Wildman–Crippen LogP) is 1.88. The summed E-state index contributed by atoms with van der Waals surface area (Å²) in [6, 6.07) is 0.374. The van der Waals surface area contributed by atoms with E-state index in [2.05, 4.69) is 15.1 Å². The van der Waals surface area contributed by atoms with Gasteiger partial charge in [0.05, 0.1) is 23.2 Å². The predicted molar refractivity (Wildman–Crippen MR) is 82.8 cm³/mol. The third kappa shape index (κ3) is 3.58. The molecular formula is C14H24N4O2S. The molecule has 0 aromatic carbocycles. The zero-order valence-electron chi connectivity index (χ0n) is 12.3. The molecule has 6 nitrogen and oxygen atoms in total. The Labute approximate surface area is 126 Å². The second-order valence-electron chi connectivity index (χ2n) is 6.10. The topological polar surface area (TPSA) is 76.0 Å². The van der Waals surface area contributed by atoms with Gasteiger partial charge in [0, 0.05) is 6.20 Å². The molecule has 0 bridgehead atoms. The van der Waals surface area contributed by atoms with Crippen LogP contribution in [0.3, 0.4) is 0 Å². The minimum atomic E-state index is -3.27. The molecule has 1 saturated carbocycles. The number of sulfonamides is 1. The first-order valence-corrected chi connectivity index (χ1v) is 9.46. The number of anilines is 1. The Morgan fingerprint density at radius 3 is 2.57 bits per heavy atom. The molecule has 0 atom stereocenters. The first-order chi connectivity index (χ1) is 10.1. The molecule has 1 aromatic heterocycles. The summed E-state index contributed by atoms with van der Waals surface area (Å²) in [5.74, 6) is 0. The maximum atomic E-state index is 12.4. The lowest BCUT2D eigenvalue weighted by Gasteiger charge is -2.23. The normalized spacial score (nSPS) is 22.3. The van der Waals surface area contributed by atoms with Crippen molar-refractivity contribution < 1.29 is 8.42 Å². The van der Waals surface area contributed by atoms with E-state index in [9.17, 15) is 8.42 Å². The van der Waals surface area contributed by atoms with Crippen molar-refractivity contribution in [3.63, 3.8) is 0 Å². The molecule has 1 aliphatic carbocycles. The molecule has 21 heavy (non-hydrogen) atoms. The van der Waals surface area contributed by atoms with Crippen molar-refractivity contribution in [1.29, 1.82) is 0 Å². The molecular weight excluding hydrogens is 288 g/mol. The molecule has 1 saturated heterocycles. The number of hydrogen-bond acceptors (Lipinski definition) is 4. The van der Waals surface area contributed by atoms with Gasteiger partial charge in [0.15, 0.2) is 0 Å². The molecule has 7 heteroatoms. The van der Waals surface area contributed by atoms with E-state index in [4.69, 9.17) is 0 Å². The largest absolute Gasteiger partial charge is 0.317 e. The van der Waals surface area contributed by atoms with E-state index >= 15 is 0 Å². The maximum Gasteiger partial charge on any atom is 0.235 e. The van der Waals surface area contributed by atoms with Gasteiger partial charge in [0.25, 0.3) is 0 Å². The van der Waals surface area contributed by atoms with Crippen LogP contribution >= 0.6 is 0 Å². The molecule has 0 radical (unpaired) electrons. The standard InChI is InChI=1S/C14H24N4O2S/c19-21(20,14-4-2-1-3-5-14)17-12-10-16-18(11-12)13-6-8-15-9-7-13/h10-11,13-15,17H,1-9H2. The van der Waals surface area contributed by atoms with Crippen LogP contribution in [0.1, 0.15) is 51.0 Å². The van der Waals surface area contributed by atoms with Crippen molar-refractivity contribution >= 4 is 15.7 Å². The van der Waals surface area contributed by atoms with Gasteiger partial charge in [0.2, 0.25) is 10.0 Å². The number of rotatable bonds is 4. The lowest BCUT2D eigenvalue weighted by atomic mass is 10.0. The molecule has 1 aliphatic heterocycles. The molecule has 2 heterocycles. The van der Waals surface area contributed by atoms with Crippen LogP contribution in [0.4, 0.5) is 5.69 Å². The van der Waals surface area contributed by atoms with Gasteiger partial charge in [-0.2, -0.15) is 5.10 Å². The van der Waals surface area contributed by atoms with Gasteiger partial charge in [-0.1, -0.05) is 19.3 Å². The van der Waals surface area contributed by atoms with Gasteiger partial charge in [-0.3, -0.25) is 9.40 Å². The van der Waals surface area contributed by atoms with Crippen molar-refractivity contribution in [3.8, 4) is 0 Å². The number of piperidine rings is 1. The summed E-state index contributed by atoms with van der Waals surface area (Å²) in [6.07, 6.45) is 10.3. The van der Waals surface area contributed by atoms with Crippen molar-refractivity contribution in [2.75, 3.05) is 17.8 Å². The average molecular weight is 312 g/mol. The van der Waals surface area contributed by atoms with Gasteiger partial charge in [0.1, 0.15) is 0 Å².